The smallest absolute Gasteiger partial charge is 0.343 e. The van der Waals surface area contributed by atoms with Gasteiger partial charge in [0, 0.05) is 6.07 Å². The van der Waals surface area contributed by atoms with Crippen molar-refractivity contribution < 1.29 is 28.5 Å². The van der Waals surface area contributed by atoms with Gasteiger partial charge in [-0.25, -0.2) is 4.79 Å². The molecule has 31 heavy (non-hydrogen) atoms. The molecule has 0 amide bonds. The second-order valence-corrected chi connectivity index (χ2v) is 6.91. The number of carbonyl (C=O) groups excluding carboxylic acids is 2. The lowest BCUT2D eigenvalue weighted by atomic mass is 10.1. The van der Waals surface area contributed by atoms with Gasteiger partial charge in [0.2, 0.25) is 5.78 Å². The summed E-state index contributed by atoms with van der Waals surface area (Å²) < 4.78 is 21.6. The molecule has 4 rings (SSSR count). The van der Waals surface area contributed by atoms with Crippen molar-refractivity contribution in [3.63, 3.8) is 0 Å². The summed E-state index contributed by atoms with van der Waals surface area (Å²) in [6.45, 7) is 1.96. The molecule has 0 unspecified atom stereocenters. The summed E-state index contributed by atoms with van der Waals surface area (Å²) in [6, 6.07) is 17.1. The van der Waals surface area contributed by atoms with Crippen LogP contribution in [0.2, 0.25) is 0 Å². The van der Waals surface area contributed by atoms with Crippen LogP contribution in [0.3, 0.4) is 0 Å². The third-order valence-corrected chi connectivity index (χ3v) is 4.95. The largest absolute Gasteiger partial charge is 0.493 e. The maximum atomic E-state index is 12.7. The molecule has 0 fully saturated rings. The van der Waals surface area contributed by atoms with E-state index in [1.807, 2.05) is 31.2 Å². The summed E-state index contributed by atoms with van der Waals surface area (Å²) in [4.78, 5) is 25.2. The fraction of sp³-hybridized carbons (Fsp3) is 0.120. The van der Waals surface area contributed by atoms with Crippen molar-refractivity contribution >= 4 is 17.8 Å². The van der Waals surface area contributed by atoms with Crippen LogP contribution >= 0.6 is 0 Å². The van der Waals surface area contributed by atoms with E-state index >= 15 is 0 Å². The second kappa shape index (κ2) is 8.36. The number of allylic oxidation sites excluding steroid dienone is 1. The minimum absolute atomic E-state index is 0.212. The number of rotatable bonds is 5. The van der Waals surface area contributed by atoms with E-state index in [1.54, 1.807) is 30.3 Å². The lowest BCUT2D eigenvalue weighted by Crippen LogP contribution is -2.09. The molecule has 0 radical (unpaired) electrons. The number of benzene rings is 3. The summed E-state index contributed by atoms with van der Waals surface area (Å²) in [7, 11) is 3.01. The van der Waals surface area contributed by atoms with Crippen LogP contribution in [0.5, 0.6) is 23.0 Å². The topological polar surface area (TPSA) is 71.1 Å². The average molecular weight is 416 g/mol. The summed E-state index contributed by atoms with van der Waals surface area (Å²) in [5.41, 5.74) is 2.66. The van der Waals surface area contributed by atoms with Crippen molar-refractivity contribution in [3.8, 4) is 23.0 Å². The van der Waals surface area contributed by atoms with Crippen molar-refractivity contribution in [1.29, 1.82) is 0 Å². The van der Waals surface area contributed by atoms with E-state index in [4.69, 9.17) is 18.9 Å². The van der Waals surface area contributed by atoms with Crippen LogP contribution < -0.4 is 18.9 Å². The molecule has 3 aromatic carbocycles. The number of fused-ring (bicyclic) bond motifs is 1. The number of aryl methyl sites for hydroxylation is 1. The van der Waals surface area contributed by atoms with Crippen LogP contribution in [-0.2, 0) is 0 Å². The summed E-state index contributed by atoms with van der Waals surface area (Å²) in [5, 5.41) is 0. The number of ether oxygens (including phenoxy) is 4. The van der Waals surface area contributed by atoms with E-state index in [1.165, 1.54) is 26.4 Å². The molecule has 0 bridgehead atoms. The van der Waals surface area contributed by atoms with Gasteiger partial charge in [0.1, 0.15) is 11.5 Å². The third kappa shape index (κ3) is 4.00. The van der Waals surface area contributed by atoms with Crippen molar-refractivity contribution in [2.45, 2.75) is 6.92 Å². The fourth-order valence-corrected chi connectivity index (χ4v) is 3.25. The van der Waals surface area contributed by atoms with Gasteiger partial charge in [0.05, 0.1) is 25.3 Å². The zero-order chi connectivity index (χ0) is 22.0. The van der Waals surface area contributed by atoms with Crippen LogP contribution in [0.4, 0.5) is 0 Å². The lowest BCUT2D eigenvalue weighted by molar-refractivity contribution is 0.0734. The maximum absolute atomic E-state index is 12.7. The predicted octanol–water partition coefficient (Wildman–Crippen LogP) is 4.85. The van der Waals surface area contributed by atoms with Crippen LogP contribution in [0.1, 0.15) is 31.8 Å². The number of carbonyl (C=O) groups is 2. The van der Waals surface area contributed by atoms with Crippen LogP contribution in [-0.4, -0.2) is 26.0 Å². The van der Waals surface area contributed by atoms with E-state index in [-0.39, 0.29) is 17.3 Å². The van der Waals surface area contributed by atoms with Gasteiger partial charge in [-0.2, -0.15) is 0 Å². The van der Waals surface area contributed by atoms with Gasteiger partial charge in [-0.3, -0.25) is 4.79 Å². The molecule has 0 saturated carbocycles. The Morgan fingerprint density at radius 1 is 0.935 bits per heavy atom. The maximum Gasteiger partial charge on any atom is 0.343 e. The zero-order valence-electron chi connectivity index (χ0n) is 17.3. The monoisotopic (exact) mass is 416 g/mol. The molecule has 0 atom stereocenters. The Kier molecular flexibility index (Phi) is 5.45. The molecule has 0 spiro atoms. The van der Waals surface area contributed by atoms with Crippen molar-refractivity contribution in [1.82, 2.24) is 0 Å². The SMILES string of the molecule is COc1ccc(C(=O)Oc2ccc3c(c2)O/C(=C\c2ccccc2C)C3=O)cc1OC. The molecule has 0 saturated heterocycles. The Morgan fingerprint density at radius 3 is 2.45 bits per heavy atom. The van der Waals surface area contributed by atoms with Crippen LogP contribution in [0.15, 0.2) is 66.4 Å². The third-order valence-electron chi connectivity index (χ3n) is 4.95. The van der Waals surface area contributed by atoms with Gasteiger partial charge in [0.25, 0.3) is 0 Å². The molecule has 6 heteroatoms. The average Bonchev–Trinajstić information content (AvgIpc) is 3.09. The zero-order valence-corrected chi connectivity index (χ0v) is 17.3. The first-order valence-electron chi connectivity index (χ1n) is 9.58. The minimum atomic E-state index is -0.569. The Balaban J connectivity index is 1.55. The molecule has 0 aliphatic carbocycles. The molecular formula is C25H20O6. The van der Waals surface area contributed by atoms with Crippen molar-refractivity contribution in [3.05, 3.63) is 88.7 Å². The normalized spacial score (nSPS) is 13.5. The van der Waals surface area contributed by atoms with Gasteiger partial charge in [-0.05, 0) is 54.5 Å². The second-order valence-electron chi connectivity index (χ2n) is 6.91. The first-order valence-corrected chi connectivity index (χ1v) is 9.58. The lowest BCUT2D eigenvalue weighted by Gasteiger charge is -2.10. The Morgan fingerprint density at radius 2 is 1.71 bits per heavy atom. The number of hydrogen-bond donors (Lipinski definition) is 0. The number of esters is 1. The molecule has 156 valence electrons. The molecular weight excluding hydrogens is 396 g/mol. The van der Waals surface area contributed by atoms with Gasteiger partial charge in [-0.15, -0.1) is 0 Å². The van der Waals surface area contributed by atoms with Crippen LogP contribution in [0.25, 0.3) is 6.08 Å². The molecule has 3 aromatic rings. The van der Waals surface area contributed by atoms with Gasteiger partial charge in [0.15, 0.2) is 17.3 Å². The quantitative estimate of drug-likeness (QED) is 0.336. The highest BCUT2D eigenvalue weighted by Gasteiger charge is 2.28. The molecule has 1 aliphatic heterocycles. The highest BCUT2D eigenvalue weighted by molar-refractivity contribution is 6.14. The molecule has 0 aromatic heterocycles. The van der Waals surface area contributed by atoms with Gasteiger partial charge >= 0.3 is 5.97 Å². The highest BCUT2D eigenvalue weighted by Crippen LogP contribution is 2.35. The first kappa shape index (κ1) is 20.2. The van der Waals surface area contributed by atoms with E-state index in [9.17, 15) is 9.59 Å². The summed E-state index contributed by atoms with van der Waals surface area (Å²) in [6.07, 6.45) is 1.72. The minimum Gasteiger partial charge on any atom is -0.493 e. The number of methoxy groups -OCH3 is 2. The molecule has 0 N–H and O–H groups in total. The van der Waals surface area contributed by atoms with E-state index < -0.39 is 5.97 Å². The number of ketones is 1. The molecule has 1 heterocycles. The van der Waals surface area contributed by atoms with E-state index in [2.05, 4.69) is 0 Å². The summed E-state index contributed by atoms with van der Waals surface area (Å²) in [5.74, 6) is 0.998. The Hall–Kier alpha value is -4.06. The van der Waals surface area contributed by atoms with Crippen molar-refractivity contribution in [2.24, 2.45) is 0 Å². The Bertz CT molecular complexity index is 1210. The number of hydrogen-bond acceptors (Lipinski definition) is 6. The molecule has 6 nitrogen and oxygen atoms in total. The fourth-order valence-electron chi connectivity index (χ4n) is 3.25. The number of Topliss-reactive ketones (excluding diaryl/α,β-unsaturated/α-hetero) is 1. The van der Waals surface area contributed by atoms with E-state index in [0.717, 1.165) is 11.1 Å². The summed E-state index contributed by atoms with van der Waals surface area (Å²) >= 11 is 0. The highest BCUT2D eigenvalue weighted by atomic mass is 16.5. The van der Waals surface area contributed by atoms with Crippen molar-refractivity contribution in [2.75, 3.05) is 14.2 Å². The molecule has 1 aliphatic rings. The van der Waals surface area contributed by atoms with E-state index in [0.29, 0.717) is 28.4 Å². The standard InChI is InChI=1S/C25H20O6/c1-15-6-4-5-7-16(15)12-23-24(26)19-10-9-18(14-21(19)31-23)30-25(27)17-8-11-20(28-2)22(13-17)29-3/h4-14H,1-3H3/b23-12-. The van der Waals surface area contributed by atoms with Gasteiger partial charge in [-0.1, -0.05) is 24.3 Å². The first-order chi connectivity index (χ1) is 15.0. The predicted molar refractivity (Wildman–Crippen MR) is 115 cm³/mol. The van der Waals surface area contributed by atoms with Crippen LogP contribution in [0, 0.1) is 6.92 Å². The Labute approximate surface area is 179 Å². The van der Waals surface area contributed by atoms with Gasteiger partial charge < -0.3 is 18.9 Å².